The van der Waals surface area contributed by atoms with Crippen LogP contribution >= 0.6 is 34.2 Å². The van der Waals surface area contributed by atoms with Crippen LogP contribution in [-0.4, -0.2) is 10.1 Å². The number of terminal acetylenes is 1. The Bertz CT molecular complexity index is 398. The summed E-state index contributed by atoms with van der Waals surface area (Å²) in [4.78, 5) is 11.4. The van der Waals surface area contributed by atoms with E-state index in [1.165, 1.54) is 0 Å². The quantitative estimate of drug-likeness (QED) is 0.368. The van der Waals surface area contributed by atoms with Crippen molar-refractivity contribution in [3.05, 3.63) is 34.9 Å². The molecule has 0 heterocycles. The lowest BCUT2D eigenvalue weighted by Crippen LogP contribution is -2.12. The second-order valence-electron chi connectivity index (χ2n) is 2.74. The van der Waals surface area contributed by atoms with Crippen molar-refractivity contribution in [1.29, 1.82) is 0 Å². The van der Waals surface area contributed by atoms with Gasteiger partial charge in [0.05, 0.1) is 6.42 Å². The number of carbonyl (C=O) groups is 1. The number of alkyl halides is 1. The fourth-order valence-electron chi connectivity index (χ4n) is 0.988. The average Bonchev–Trinajstić information content (AvgIpc) is 2.21. The monoisotopic (exact) mass is 334 g/mol. The van der Waals surface area contributed by atoms with Gasteiger partial charge < -0.3 is 4.74 Å². The molecule has 1 aromatic rings. The van der Waals surface area contributed by atoms with Crippen molar-refractivity contribution in [3.63, 3.8) is 0 Å². The number of hydrogen-bond donors (Lipinski definition) is 0. The van der Waals surface area contributed by atoms with Gasteiger partial charge in [-0.3, -0.25) is 4.79 Å². The minimum atomic E-state index is -0.530. The van der Waals surface area contributed by atoms with Crippen molar-refractivity contribution in [2.75, 3.05) is 0 Å². The Hall–Kier alpha value is -0.730. The van der Waals surface area contributed by atoms with Gasteiger partial charge in [-0.15, -0.1) is 6.42 Å². The molecule has 1 rings (SSSR count). The molecule has 0 spiro atoms. The van der Waals surface area contributed by atoms with Crippen molar-refractivity contribution in [3.8, 4) is 12.3 Å². The molecule has 0 fully saturated rings. The summed E-state index contributed by atoms with van der Waals surface area (Å²) in [5, 5.41) is 0.556. The van der Waals surface area contributed by atoms with Crippen molar-refractivity contribution in [2.45, 2.75) is 10.5 Å². The van der Waals surface area contributed by atoms with Gasteiger partial charge in [-0.2, -0.15) is 0 Å². The van der Waals surface area contributed by atoms with E-state index in [1.807, 2.05) is 28.7 Å². The third-order valence-corrected chi connectivity index (χ3v) is 2.64. The van der Waals surface area contributed by atoms with Gasteiger partial charge in [-0.25, -0.2) is 0 Å². The summed E-state index contributed by atoms with van der Waals surface area (Å²) < 4.78 is 4.38. The average molecular weight is 335 g/mol. The molecule has 1 atom stereocenters. The first kappa shape index (κ1) is 12.3. The van der Waals surface area contributed by atoms with Crippen LogP contribution in [0.15, 0.2) is 24.3 Å². The predicted molar refractivity (Wildman–Crippen MR) is 67.9 cm³/mol. The first-order chi connectivity index (χ1) is 7.13. The van der Waals surface area contributed by atoms with E-state index in [0.29, 0.717) is 5.02 Å². The van der Waals surface area contributed by atoms with E-state index in [-0.39, 0.29) is 12.4 Å². The van der Waals surface area contributed by atoms with Crippen LogP contribution in [0.5, 0.6) is 0 Å². The molecule has 0 aliphatic heterocycles. The topological polar surface area (TPSA) is 26.3 Å². The highest BCUT2D eigenvalue weighted by molar-refractivity contribution is 14.1. The van der Waals surface area contributed by atoms with Crippen LogP contribution in [0, 0.1) is 12.3 Å². The fraction of sp³-hybridized carbons (Fsp3) is 0.182. The molecule has 1 unspecified atom stereocenters. The minimum absolute atomic E-state index is 0.140. The number of carbonyl (C=O) groups excluding carboxylic acids is 1. The Morgan fingerprint density at radius 2 is 2.27 bits per heavy atom. The van der Waals surface area contributed by atoms with Crippen LogP contribution < -0.4 is 0 Å². The molecule has 0 aromatic heterocycles. The number of esters is 1. The second-order valence-corrected chi connectivity index (χ2v) is 4.28. The highest BCUT2D eigenvalue weighted by Gasteiger charge is 2.10. The van der Waals surface area contributed by atoms with E-state index in [9.17, 15) is 4.79 Å². The highest BCUT2D eigenvalue weighted by Crippen LogP contribution is 2.16. The number of halogens is 2. The summed E-state index contributed by atoms with van der Waals surface area (Å²) in [6.07, 6.45) is 5.22. The smallest absolute Gasteiger partial charge is 0.312 e. The van der Waals surface area contributed by atoms with Crippen LogP contribution in [0.4, 0.5) is 0 Å². The van der Waals surface area contributed by atoms with Crippen LogP contribution in [0.2, 0.25) is 5.02 Å². The molecule has 0 saturated carbocycles. The summed E-state index contributed by atoms with van der Waals surface area (Å²) in [5.74, 6) is 1.93. The first-order valence-electron chi connectivity index (χ1n) is 4.16. The normalized spacial score (nSPS) is 11.5. The van der Waals surface area contributed by atoms with Gasteiger partial charge in [0.2, 0.25) is 4.11 Å². The van der Waals surface area contributed by atoms with E-state index in [0.717, 1.165) is 5.56 Å². The maximum Gasteiger partial charge on any atom is 0.312 e. The van der Waals surface area contributed by atoms with E-state index in [1.54, 1.807) is 18.2 Å². The molecular formula is C11H8ClIO2. The van der Waals surface area contributed by atoms with E-state index in [4.69, 9.17) is 22.8 Å². The van der Waals surface area contributed by atoms with Crippen molar-refractivity contribution < 1.29 is 9.53 Å². The third kappa shape index (κ3) is 4.10. The Kier molecular flexibility index (Phi) is 4.92. The Morgan fingerprint density at radius 3 is 2.87 bits per heavy atom. The maximum absolute atomic E-state index is 11.4. The van der Waals surface area contributed by atoms with Crippen LogP contribution in [0.25, 0.3) is 0 Å². The zero-order valence-electron chi connectivity index (χ0n) is 7.74. The minimum Gasteiger partial charge on any atom is -0.439 e. The van der Waals surface area contributed by atoms with Gasteiger partial charge in [0, 0.05) is 5.02 Å². The second kappa shape index (κ2) is 5.99. The summed E-state index contributed by atoms with van der Waals surface area (Å²) in [6.45, 7) is 0. The molecule has 15 heavy (non-hydrogen) atoms. The molecule has 0 bridgehead atoms. The molecule has 2 nitrogen and oxygen atoms in total. The summed E-state index contributed by atoms with van der Waals surface area (Å²) in [7, 11) is 0. The highest BCUT2D eigenvalue weighted by atomic mass is 127. The predicted octanol–water partition coefficient (Wildman–Crippen LogP) is 2.82. The standard InChI is InChI=1S/C11H8ClIO2/c1-2-10(13)15-11(14)7-8-5-3-4-6-9(8)12/h1,3-6,10H,7H2. The summed E-state index contributed by atoms with van der Waals surface area (Å²) in [5.41, 5.74) is 0.741. The SMILES string of the molecule is C#CC(I)OC(=O)Cc1ccccc1Cl. The van der Waals surface area contributed by atoms with Gasteiger partial charge in [-0.1, -0.05) is 35.7 Å². The van der Waals surface area contributed by atoms with Gasteiger partial charge in [0.1, 0.15) is 0 Å². The van der Waals surface area contributed by atoms with E-state index >= 15 is 0 Å². The lowest BCUT2D eigenvalue weighted by atomic mass is 10.1. The lowest BCUT2D eigenvalue weighted by Gasteiger charge is -2.06. The number of ether oxygens (including phenoxy) is 1. The zero-order chi connectivity index (χ0) is 11.3. The van der Waals surface area contributed by atoms with Gasteiger partial charge in [0.15, 0.2) is 0 Å². The van der Waals surface area contributed by atoms with Crippen molar-refractivity contribution in [1.82, 2.24) is 0 Å². The number of benzene rings is 1. The van der Waals surface area contributed by atoms with E-state index < -0.39 is 4.11 Å². The largest absolute Gasteiger partial charge is 0.439 e. The molecule has 0 amide bonds. The lowest BCUT2D eigenvalue weighted by molar-refractivity contribution is -0.142. The number of rotatable bonds is 3. The molecule has 4 heteroatoms. The fourth-order valence-corrected chi connectivity index (χ4v) is 1.47. The van der Waals surface area contributed by atoms with Crippen molar-refractivity contribution in [2.24, 2.45) is 0 Å². The first-order valence-corrected chi connectivity index (χ1v) is 5.79. The molecule has 78 valence electrons. The maximum atomic E-state index is 11.4. The van der Waals surface area contributed by atoms with Crippen LogP contribution in [-0.2, 0) is 16.0 Å². The molecule has 0 aliphatic rings. The van der Waals surface area contributed by atoms with E-state index in [2.05, 4.69) is 5.92 Å². The van der Waals surface area contributed by atoms with Crippen molar-refractivity contribution >= 4 is 40.2 Å². The number of hydrogen-bond acceptors (Lipinski definition) is 2. The molecule has 0 saturated heterocycles. The summed E-state index contributed by atoms with van der Waals surface area (Å²) in [6, 6.07) is 7.13. The Labute approximate surface area is 107 Å². The van der Waals surface area contributed by atoms with Gasteiger partial charge in [0.25, 0.3) is 0 Å². The molecule has 0 aliphatic carbocycles. The summed E-state index contributed by atoms with van der Waals surface area (Å²) >= 11 is 7.75. The molecule has 0 N–H and O–H groups in total. The molecule has 0 radical (unpaired) electrons. The van der Waals surface area contributed by atoms with Gasteiger partial charge >= 0.3 is 5.97 Å². The van der Waals surface area contributed by atoms with Crippen LogP contribution in [0.3, 0.4) is 0 Å². The zero-order valence-corrected chi connectivity index (χ0v) is 10.7. The third-order valence-electron chi connectivity index (χ3n) is 1.66. The molecule has 1 aromatic carbocycles. The van der Waals surface area contributed by atoms with Gasteiger partial charge in [-0.05, 0) is 34.2 Å². The Balaban J connectivity index is 2.60. The van der Waals surface area contributed by atoms with Crippen LogP contribution in [0.1, 0.15) is 5.56 Å². The molecular weight excluding hydrogens is 326 g/mol. The Morgan fingerprint density at radius 1 is 1.60 bits per heavy atom.